The molecule has 15 heavy (non-hydrogen) atoms. The predicted molar refractivity (Wildman–Crippen MR) is 60.1 cm³/mol. The molecular formula is C13H18FN. The molecule has 0 bridgehead atoms. The van der Waals surface area contributed by atoms with Crippen molar-refractivity contribution in [1.82, 2.24) is 5.32 Å². The molecule has 1 nitrogen and oxygen atoms in total. The molecule has 82 valence electrons. The molecule has 0 saturated heterocycles. The molecule has 1 aromatic rings. The van der Waals surface area contributed by atoms with Crippen LogP contribution in [-0.2, 0) is 0 Å². The average molecular weight is 207 g/mol. The predicted octanol–water partition coefficient (Wildman–Crippen LogP) is 3.13. The van der Waals surface area contributed by atoms with Crippen LogP contribution in [0.4, 0.5) is 4.39 Å². The van der Waals surface area contributed by atoms with Gasteiger partial charge in [0.2, 0.25) is 0 Å². The number of benzene rings is 1. The SMILES string of the molecule is CCNC(c1ccc(F)cc1)C1CC1C. The molecule has 0 spiro atoms. The molecule has 1 saturated carbocycles. The molecule has 0 heterocycles. The molecule has 1 fully saturated rings. The summed E-state index contributed by atoms with van der Waals surface area (Å²) in [5, 5.41) is 3.49. The summed E-state index contributed by atoms with van der Waals surface area (Å²) in [6, 6.07) is 7.30. The van der Waals surface area contributed by atoms with Crippen molar-refractivity contribution in [2.45, 2.75) is 26.3 Å². The first-order valence-electron chi connectivity index (χ1n) is 5.71. The monoisotopic (exact) mass is 207 g/mol. The van der Waals surface area contributed by atoms with Crippen LogP contribution >= 0.6 is 0 Å². The van der Waals surface area contributed by atoms with Gasteiger partial charge >= 0.3 is 0 Å². The molecule has 3 unspecified atom stereocenters. The first-order chi connectivity index (χ1) is 7.22. The van der Waals surface area contributed by atoms with Crippen LogP contribution in [0.3, 0.4) is 0 Å². The molecule has 2 heteroatoms. The second kappa shape index (κ2) is 4.31. The molecule has 1 aliphatic rings. The third-order valence-corrected chi connectivity index (χ3v) is 3.25. The van der Waals surface area contributed by atoms with Gasteiger partial charge in [0.1, 0.15) is 5.82 Å². The zero-order valence-corrected chi connectivity index (χ0v) is 9.33. The second-order valence-corrected chi connectivity index (χ2v) is 4.46. The van der Waals surface area contributed by atoms with Gasteiger partial charge in [0.15, 0.2) is 0 Å². The van der Waals surface area contributed by atoms with Gasteiger partial charge in [0.25, 0.3) is 0 Å². The Morgan fingerprint density at radius 1 is 1.40 bits per heavy atom. The lowest BCUT2D eigenvalue weighted by Gasteiger charge is -2.18. The third kappa shape index (κ3) is 2.37. The van der Waals surface area contributed by atoms with Crippen LogP contribution in [0.15, 0.2) is 24.3 Å². The van der Waals surface area contributed by atoms with Gasteiger partial charge in [0.05, 0.1) is 0 Å². The van der Waals surface area contributed by atoms with E-state index in [0.29, 0.717) is 6.04 Å². The second-order valence-electron chi connectivity index (χ2n) is 4.46. The lowest BCUT2D eigenvalue weighted by Crippen LogP contribution is -2.23. The summed E-state index contributed by atoms with van der Waals surface area (Å²) in [5.41, 5.74) is 1.22. The minimum atomic E-state index is -0.155. The molecule has 1 N–H and O–H groups in total. The summed E-state index contributed by atoms with van der Waals surface area (Å²) in [6.07, 6.45) is 1.29. The molecule has 1 aliphatic carbocycles. The van der Waals surface area contributed by atoms with Crippen LogP contribution in [0.5, 0.6) is 0 Å². The van der Waals surface area contributed by atoms with E-state index >= 15 is 0 Å². The van der Waals surface area contributed by atoms with E-state index < -0.39 is 0 Å². The Bertz CT molecular complexity index is 320. The Hall–Kier alpha value is -0.890. The zero-order chi connectivity index (χ0) is 10.8. The highest BCUT2D eigenvalue weighted by Crippen LogP contribution is 2.46. The minimum absolute atomic E-state index is 0.155. The van der Waals surface area contributed by atoms with E-state index in [1.54, 1.807) is 12.1 Å². The van der Waals surface area contributed by atoms with Crippen molar-refractivity contribution < 1.29 is 4.39 Å². The number of halogens is 1. The van der Waals surface area contributed by atoms with E-state index in [-0.39, 0.29) is 5.82 Å². The van der Waals surface area contributed by atoms with E-state index in [9.17, 15) is 4.39 Å². The topological polar surface area (TPSA) is 12.0 Å². The van der Waals surface area contributed by atoms with Crippen LogP contribution in [0.2, 0.25) is 0 Å². The maximum Gasteiger partial charge on any atom is 0.123 e. The fourth-order valence-corrected chi connectivity index (χ4v) is 2.22. The fourth-order valence-electron chi connectivity index (χ4n) is 2.22. The Kier molecular flexibility index (Phi) is 3.06. The Morgan fingerprint density at radius 3 is 2.47 bits per heavy atom. The average Bonchev–Trinajstić information content (AvgIpc) is 2.93. The van der Waals surface area contributed by atoms with Crippen molar-refractivity contribution in [3.63, 3.8) is 0 Å². The highest BCUT2D eigenvalue weighted by Gasteiger charge is 2.39. The summed E-state index contributed by atoms with van der Waals surface area (Å²) in [6.45, 7) is 5.35. The quantitative estimate of drug-likeness (QED) is 0.799. The van der Waals surface area contributed by atoms with Gasteiger partial charge in [-0.3, -0.25) is 0 Å². The molecule has 0 amide bonds. The van der Waals surface area contributed by atoms with Gasteiger partial charge in [-0.15, -0.1) is 0 Å². The van der Waals surface area contributed by atoms with Crippen molar-refractivity contribution >= 4 is 0 Å². The van der Waals surface area contributed by atoms with Crippen molar-refractivity contribution in [3.8, 4) is 0 Å². The van der Waals surface area contributed by atoms with E-state index in [2.05, 4.69) is 19.2 Å². The molecule has 0 radical (unpaired) electrons. The summed E-state index contributed by atoms with van der Waals surface area (Å²) in [7, 11) is 0. The van der Waals surface area contributed by atoms with Gasteiger partial charge in [-0.25, -0.2) is 4.39 Å². The van der Waals surface area contributed by atoms with Crippen molar-refractivity contribution in [2.75, 3.05) is 6.54 Å². The molecule has 0 aromatic heterocycles. The first kappa shape index (κ1) is 10.6. The largest absolute Gasteiger partial charge is 0.310 e. The van der Waals surface area contributed by atoms with Crippen molar-refractivity contribution in [3.05, 3.63) is 35.6 Å². The highest BCUT2D eigenvalue weighted by molar-refractivity contribution is 5.22. The third-order valence-electron chi connectivity index (χ3n) is 3.25. The fraction of sp³-hybridized carbons (Fsp3) is 0.538. The summed E-state index contributed by atoms with van der Waals surface area (Å²) in [4.78, 5) is 0. The van der Waals surface area contributed by atoms with Gasteiger partial charge in [-0.1, -0.05) is 26.0 Å². The van der Waals surface area contributed by atoms with Crippen LogP contribution in [0, 0.1) is 17.7 Å². The molecular weight excluding hydrogens is 189 g/mol. The first-order valence-corrected chi connectivity index (χ1v) is 5.71. The lowest BCUT2D eigenvalue weighted by molar-refractivity contribution is 0.475. The minimum Gasteiger partial charge on any atom is -0.310 e. The maximum absolute atomic E-state index is 12.8. The Morgan fingerprint density at radius 2 is 2.00 bits per heavy atom. The summed E-state index contributed by atoms with van der Waals surface area (Å²) < 4.78 is 12.8. The van der Waals surface area contributed by atoms with Gasteiger partial charge < -0.3 is 5.32 Å². The number of nitrogens with one attached hydrogen (secondary N) is 1. The van der Waals surface area contributed by atoms with E-state index in [1.807, 2.05) is 12.1 Å². The smallest absolute Gasteiger partial charge is 0.123 e. The number of hydrogen-bond donors (Lipinski definition) is 1. The van der Waals surface area contributed by atoms with Gasteiger partial charge in [-0.05, 0) is 42.5 Å². The maximum atomic E-state index is 12.8. The van der Waals surface area contributed by atoms with E-state index in [4.69, 9.17) is 0 Å². The normalized spacial score (nSPS) is 26.3. The van der Waals surface area contributed by atoms with Crippen LogP contribution in [0.1, 0.15) is 31.9 Å². The summed E-state index contributed by atoms with van der Waals surface area (Å²) >= 11 is 0. The molecule has 3 atom stereocenters. The lowest BCUT2D eigenvalue weighted by atomic mass is 10.0. The summed E-state index contributed by atoms with van der Waals surface area (Å²) in [5.74, 6) is 1.38. The van der Waals surface area contributed by atoms with Crippen molar-refractivity contribution in [1.29, 1.82) is 0 Å². The zero-order valence-electron chi connectivity index (χ0n) is 9.33. The van der Waals surface area contributed by atoms with Crippen molar-refractivity contribution in [2.24, 2.45) is 11.8 Å². The van der Waals surface area contributed by atoms with E-state index in [1.165, 1.54) is 12.0 Å². The Balaban J connectivity index is 2.13. The molecule has 1 aromatic carbocycles. The standard InChI is InChI=1S/C13H18FN/c1-3-15-13(12-8-9(12)2)10-4-6-11(14)7-5-10/h4-7,9,12-13,15H,3,8H2,1-2H3. The number of rotatable bonds is 4. The van der Waals surface area contributed by atoms with Gasteiger partial charge in [-0.2, -0.15) is 0 Å². The van der Waals surface area contributed by atoms with E-state index in [0.717, 1.165) is 18.4 Å². The Labute approximate surface area is 90.7 Å². The van der Waals surface area contributed by atoms with Crippen LogP contribution in [0.25, 0.3) is 0 Å². The van der Waals surface area contributed by atoms with Gasteiger partial charge in [0, 0.05) is 6.04 Å². The molecule has 0 aliphatic heterocycles. The van der Waals surface area contributed by atoms with Crippen LogP contribution in [-0.4, -0.2) is 6.54 Å². The highest BCUT2D eigenvalue weighted by atomic mass is 19.1. The molecule has 2 rings (SSSR count). The van der Waals surface area contributed by atoms with Crippen LogP contribution < -0.4 is 5.32 Å². The number of hydrogen-bond acceptors (Lipinski definition) is 1.